The Morgan fingerprint density at radius 3 is 2.13 bits per heavy atom. The van der Waals surface area contributed by atoms with Crippen molar-refractivity contribution in [3.63, 3.8) is 0 Å². The molecule has 4 heteroatoms. The van der Waals surface area contributed by atoms with Crippen LogP contribution < -0.4 is 18.9 Å². The molecule has 1 unspecified atom stereocenters. The molecule has 0 aromatic heterocycles. The van der Waals surface area contributed by atoms with Gasteiger partial charge < -0.3 is 18.9 Å². The van der Waals surface area contributed by atoms with Crippen molar-refractivity contribution in [1.82, 2.24) is 0 Å². The molecule has 160 valence electrons. The number of hydrogen-bond donors (Lipinski definition) is 0. The van der Waals surface area contributed by atoms with E-state index in [0.29, 0.717) is 0 Å². The molecular formula is C26H32O4. The number of hydrogen-bond acceptors (Lipinski definition) is 4. The van der Waals surface area contributed by atoms with E-state index in [1.54, 1.807) is 28.4 Å². The second kappa shape index (κ2) is 8.25. The first kappa shape index (κ1) is 20.6. The second-order valence-corrected chi connectivity index (χ2v) is 8.59. The lowest BCUT2D eigenvalue weighted by Gasteiger charge is -2.39. The molecule has 0 aliphatic heterocycles. The summed E-state index contributed by atoms with van der Waals surface area (Å²) in [5.41, 5.74) is 6.59. The fraction of sp³-hybridized carbons (Fsp3) is 0.462. The monoisotopic (exact) mass is 408 g/mol. The van der Waals surface area contributed by atoms with Crippen LogP contribution in [0, 0.1) is 0 Å². The average molecular weight is 409 g/mol. The zero-order valence-electron chi connectivity index (χ0n) is 18.8. The van der Waals surface area contributed by atoms with Gasteiger partial charge in [-0.2, -0.15) is 0 Å². The Balaban J connectivity index is 1.78. The quantitative estimate of drug-likeness (QED) is 0.611. The summed E-state index contributed by atoms with van der Waals surface area (Å²) in [5.74, 6) is 3.56. The van der Waals surface area contributed by atoms with E-state index in [1.165, 1.54) is 34.2 Å². The first-order chi connectivity index (χ1) is 14.5. The van der Waals surface area contributed by atoms with Crippen LogP contribution in [0.3, 0.4) is 0 Å². The molecule has 0 radical (unpaired) electrons. The molecule has 2 aliphatic carbocycles. The Hall–Kier alpha value is -2.62. The number of methoxy groups -OCH3 is 4. The van der Waals surface area contributed by atoms with Gasteiger partial charge in [0.15, 0.2) is 0 Å². The zero-order chi connectivity index (χ0) is 21.3. The van der Waals surface area contributed by atoms with Gasteiger partial charge in [0.05, 0.1) is 28.4 Å². The Morgan fingerprint density at radius 2 is 1.47 bits per heavy atom. The SMILES string of the molecule is COc1cc2c(c(OC)c1)C(CC1(C)CCCc3cc(OC)cc(OC)c31)=CCC2. The van der Waals surface area contributed by atoms with Gasteiger partial charge in [-0.05, 0) is 67.4 Å². The molecule has 0 N–H and O–H groups in total. The van der Waals surface area contributed by atoms with E-state index in [-0.39, 0.29) is 5.41 Å². The smallest absolute Gasteiger partial charge is 0.130 e. The number of aryl methyl sites for hydroxylation is 2. The summed E-state index contributed by atoms with van der Waals surface area (Å²) in [5, 5.41) is 0. The van der Waals surface area contributed by atoms with Crippen LogP contribution in [0.25, 0.3) is 5.57 Å². The van der Waals surface area contributed by atoms with Gasteiger partial charge in [-0.3, -0.25) is 0 Å². The Labute approximate surface area is 179 Å². The molecule has 2 aromatic rings. The molecule has 4 nitrogen and oxygen atoms in total. The molecule has 0 amide bonds. The number of fused-ring (bicyclic) bond motifs is 2. The van der Waals surface area contributed by atoms with Crippen LogP contribution in [-0.2, 0) is 18.3 Å². The van der Waals surface area contributed by atoms with Crippen molar-refractivity contribution < 1.29 is 18.9 Å². The van der Waals surface area contributed by atoms with Crippen LogP contribution in [0.2, 0.25) is 0 Å². The molecule has 2 aliphatic rings. The minimum Gasteiger partial charge on any atom is -0.497 e. The molecule has 4 rings (SSSR count). The van der Waals surface area contributed by atoms with E-state index in [0.717, 1.165) is 55.1 Å². The summed E-state index contributed by atoms with van der Waals surface area (Å²) in [6.07, 6.45) is 8.77. The number of ether oxygens (including phenoxy) is 4. The molecule has 30 heavy (non-hydrogen) atoms. The molecule has 0 heterocycles. The molecule has 0 fully saturated rings. The minimum absolute atomic E-state index is 0.00339. The van der Waals surface area contributed by atoms with Gasteiger partial charge in [-0.15, -0.1) is 0 Å². The summed E-state index contributed by atoms with van der Waals surface area (Å²) in [4.78, 5) is 0. The maximum absolute atomic E-state index is 5.84. The predicted octanol–water partition coefficient (Wildman–Crippen LogP) is 5.73. The van der Waals surface area contributed by atoms with Crippen molar-refractivity contribution in [2.24, 2.45) is 0 Å². The molecular weight excluding hydrogens is 376 g/mol. The number of rotatable bonds is 6. The van der Waals surface area contributed by atoms with Crippen molar-refractivity contribution in [3.8, 4) is 23.0 Å². The highest BCUT2D eigenvalue weighted by molar-refractivity contribution is 5.77. The van der Waals surface area contributed by atoms with Gasteiger partial charge in [0.1, 0.15) is 23.0 Å². The summed E-state index contributed by atoms with van der Waals surface area (Å²) in [6, 6.07) is 8.37. The Morgan fingerprint density at radius 1 is 0.800 bits per heavy atom. The van der Waals surface area contributed by atoms with E-state index in [9.17, 15) is 0 Å². The third-order valence-corrected chi connectivity index (χ3v) is 6.71. The first-order valence-electron chi connectivity index (χ1n) is 10.7. The molecule has 0 spiro atoms. The maximum Gasteiger partial charge on any atom is 0.130 e. The lowest BCUT2D eigenvalue weighted by molar-refractivity contribution is 0.348. The normalized spacial score (nSPS) is 20.0. The fourth-order valence-electron chi connectivity index (χ4n) is 5.35. The average Bonchev–Trinajstić information content (AvgIpc) is 2.77. The fourth-order valence-corrected chi connectivity index (χ4v) is 5.35. The largest absolute Gasteiger partial charge is 0.497 e. The summed E-state index contributed by atoms with van der Waals surface area (Å²) >= 11 is 0. The second-order valence-electron chi connectivity index (χ2n) is 8.59. The van der Waals surface area contributed by atoms with Crippen LogP contribution in [0.1, 0.15) is 54.9 Å². The lowest BCUT2D eigenvalue weighted by atomic mass is 9.66. The van der Waals surface area contributed by atoms with Crippen LogP contribution in [0.4, 0.5) is 0 Å². The lowest BCUT2D eigenvalue weighted by Crippen LogP contribution is -2.29. The van der Waals surface area contributed by atoms with Crippen molar-refractivity contribution >= 4 is 5.57 Å². The maximum atomic E-state index is 5.84. The summed E-state index contributed by atoms with van der Waals surface area (Å²) < 4.78 is 22.7. The van der Waals surface area contributed by atoms with Crippen molar-refractivity contribution in [3.05, 3.63) is 52.6 Å². The summed E-state index contributed by atoms with van der Waals surface area (Å²) in [7, 11) is 6.93. The Bertz CT molecular complexity index is 958. The number of benzene rings is 2. The van der Waals surface area contributed by atoms with E-state index >= 15 is 0 Å². The molecule has 1 atom stereocenters. The van der Waals surface area contributed by atoms with E-state index < -0.39 is 0 Å². The molecule has 2 aromatic carbocycles. The third kappa shape index (κ3) is 3.53. The molecule has 0 saturated carbocycles. The van der Waals surface area contributed by atoms with Gasteiger partial charge >= 0.3 is 0 Å². The van der Waals surface area contributed by atoms with Gasteiger partial charge in [0.25, 0.3) is 0 Å². The van der Waals surface area contributed by atoms with Crippen molar-refractivity contribution in [2.75, 3.05) is 28.4 Å². The minimum atomic E-state index is -0.00339. The van der Waals surface area contributed by atoms with Gasteiger partial charge in [0.2, 0.25) is 0 Å². The number of allylic oxidation sites excluding steroid dienone is 2. The molecule has 0 saturated heterocycles. The van der Waals surface area contributed by atoms with Crippen LogP contribution in [-0.4, -0.2) is 28.4 Å². The highest BCUT2D eigenvalue weighted by atomic mass is 16.5. The Kier molecular flexibility index (Phi) is 5.68. The van der Waals surface area contributed by atoms with Crippen LogP contribution in [0.5, 0.6) is 23.0 Å². The van der Waals surface area contributed by atoms with Gasteiger partial charge in [-0.1, -0.05) is 13.0 Å². The van der Waals surface area contributed by atoms with Crippen molar-refractivity contribution in [2.45, 2.75) is 50.9 Å². The third-order valence-electron chi connectivity index (χ3n) is 6.71. The van der Waals surface area contributed by atoms with E-state index in [1.807, 2.05) is 12.1 Å². The highest BCUT2D eigenvalue weighted by Gasteiger charge is 2.37. The topological polar surface area (TPSA) is 36.9 Å². The molecule has 0 bridgehead atoms. The first-order valence-corrected chi connectivity index (χ1v) is 10.7. The van der Waals surface area contributed by atoms with Crippen LogP contribution in [0.15, 0.2) is 30.3 Å². The standard InChI is InChI=1S/C26H32O4/c1-26(11-7-10-18-13-21(28-3)15-23(30-5)25(18)26)16-19-9-6-8-17-12-20(27-2)14-22(29-4)24(17)19/h9,12-15H,6-8,10-11,16H2,1-5H3. The van der Waals surface area contributed by atoms with Gasteiger partial charge in [-0.25, -0.2) is 0 Å². The highest BCUT2D eigenvalue weighted by Crippen LogP contribution is 2.50. The van der Waals surface area contributed by atoms with Crippen LogP contribution >= 0.6 is 0 Å². The zero-order valence-corrected chi connectivity index (χ0v) is 18.8. The predicted molar refractivity (Wildman–Crippen MR) is 120 cm³/mol. The van der Waals surface area contributed by atoms with Crippen molar-refractivity contribution in [1.29, 1.82) is 0 Å². The van der Waals surface area contributed by atoms with E-state index in [4.69, 9.17) is 18.9 Å². The van der Waals surface area contributed by atoms with E-state index in [2.05, 4.69) is 25.1 Å². The van der Waals surface area contributed by atoms with Gasteiger partial charge in [0, 0.05) is 28.7 Å². The summed E-state index contributed by atoms with van der Waals surface area (Å²) in [6.45, 7) is 2.38.